The molecule has 3 spiro atoms. The van der Waals surface area contributed by atoms with Gasteiger partial charge in [0.15, 0.2) is 30.5 Å². The molecule has 4 aromatic carbocycles. The van der Waals surface area contributed by atoms with Gasteiger partial charge in [-0.1, -0.05) is 93.9 Å². The van der Waals surface area contributed by atoms with E-state index >= 15 is 0 Å². The molecular formula is C89H107N5O28. The average molecular weight is 1690 g/mol. The number of aliphatic hydroxyl groups excluding tert-OH is 4. The number of hydrogen-bond donors (Lipinski definition) is 9. The van der Waals surface area contributed by atoms with Gasteiger partial charge in [0.2, 0.25) is 17.9 Å². The van der Waals surface area contributed by atoms with E-state index in [1.807, 2.05) is 78.3 Å². The predicted octanol–water partition coefficient (Wildman–Crippen LogP) is 3.75. The van der Waals surface area contributed by atoms with E-state index in [4.69, 9.17) is 66.9 Å². The van der Waals surface area contributed by atoms with Crippen molar-refractivity contribution in [2.75, 3.05) is 53.9 Å². The van der Waals surface area contributed by atoms with E-state index in [9.17, 15) is 69.0 Å². The molecule has 12 aliphatic rings. The molecule has 656 valence electrons. The fraction of sp³-hybridized carbons (Fsp3) is 0.551. The molecule has 33 heteroatoms. The van der Waals surface area contributed by atoms with Crippen LogP contribution in [-0.4, -0.2) is 236 Å². The van der Waals surface area contributed by atoms with Gasteiger partial charge in [-0.3, -0.25) is 19.2 Å². The molecule has 0 radical (unpaired) electrons. The molecule has 6 aliphatic carbocycles. The van der Waals surface area contributed by atoms with Gasteiger partial charge in [-0.05, 0) is 147 Å². The zero-order valence-corrected chi connectivity index (χ0v) is 69.6. The number of ether oxygens (including phenoxy) is 9. The lowest BCUT2D eigenvalue weighted by molar-refractivity contribution is -0.193. The number of hydrogen-bond acceptors (Lipinski definition) is 31. The Kier molecular flexibility index (Phi) is 27.8. The lowest BCUT2D eigenvalue weighted by Crippen LogP contribution is -2.74. The first-order chi connectivity index (χ1) is 58.4. The molecule has 122 heavy (non-hydrogen) atoms. The van der Waals surface area contributed by atoms with Crippen LogP contribution in [0.4, 0.5) is 0 Å². The summed E-state index contributed by atoms with van der Waals surface area (Å²) in [5.74, 6) is -2.26. The Hall–Kier alpha value is -10.4. The molecule has 6 heterocycles. The second kappa shape index (κ2) is 37.4. The Bertz CT molecular complexity index is 4830. The van der Waals surface area contributed by atoms with E-state index in [0.29, 0.717) is 129 Å². The topological polar surface area (TPSA) is 463 Å². The summed E-state index contributed by atoms with van der Waals surface area (Å²) in [6.45, 7) is 9.80. The normalized spacial score (nSPS) is 28.1. The van der Waals surface area contributed by atoms with Crippen molar-refractivity contribution < 1.29 is 136 Å². The third kappa shape index (κ3) is 15.9. The molecule has 2 amide bonds. The number of carbonyl (C=O) groups is 8. The van der Waals surface area contributed by atoms with E-state index in [0.717, 1.165) is 46.5 Å². The van der Waals surface area contributed by atoms with E-state index in [1.54, 1.807) is 48.6 Å². The minimum atomic E-state index is -1.34. The summed E-state index contributed by atoms with van der Waals surface area (Å²) in [7, 11) is 6.04. The van der Waals surface area contributed by atoms with Gasteiger partial charge in [-0.2, -0.15) is 19.2 Å². The Balaban J connectivity index is 0.000000163. The first-order valence-corrected chi connectivity index (χ1v) is 41.5. The molecular weight excluding hydrogens is 1590 g/mol. The molecule has 3 fully saturated rings. The Labute approximate surface area is 704 Å². The number of benzene rings is 4. The number of piperidine rings is 3. The van der Waals surface area contributed by atoms with Crippen molar-refractivity contribution in [2.24, 2.45) is 0 Å². The van der Waals surface area contributed by atoms with E-state index in [2.05, 4.69) is 25.3 Å². The molecule has 16 rings (SSSR count). The molecule has 6 unspecified atom stereocenters. The zero-order valence-electron chi connectivity index (χ0n) is 69.6. The number of carbonyl (C=O) groups excluding carboxylic acids is 12. The van der Waals surface area contributed by atoms with Gasteiger partial charge in [-0.15, -0.1) is 0 Å². The monoisotopic (exact) mass is 1690 g/mol. The van der Waals surface area contributed by atoms with Gasteiger partial charge < -0.3 is 104 Å². The minimum absolute atomic E-state index is 0.0970. The Morgan fingerprint density at radius 1 is 0.484 bits per heavy atom. The van der Waals surface area contributed by atoms with E-state index in [1.165, 1.54) is 13.8 Å². The Morgan fingerprint density at radius 2 is 0.869 bits per heavy atom. The fourth-order valence-electron chi connectivity index (χ4n) is 20.9. The first kappa shape index (κ1) is 90.8. The number of amides is 2. The number of nitrogens with one attached hydrogen (secondary N) is 2. The second-order valence-electron chi connectivity index (χ2n) is 33.1. The van der Waals surface area contributed by atoms with Gasteiger partial charge in [0, 0.05) is 102 Å². The highest BCUT2D eigenvalue weighted by atomic mass is 16.6. The highest BCUT2D eigenvalue weighted by molar-refractivity contribution is 5.87. The summed E-state index contributed by atoms with van der Waals surface area (Å²) in [6.07, 6.45) is 6.83. The van der Waals surface area contributed by atoms with Crippen molar-refractivity contribution in [1.29, 1.82) is 0 Å². The van der Waals surface area contributed by atoms with Crippen LogP contribution in [0.25, 0.3) is 0 Å². The standard InChI is InChI=1S/C33H38N2O8.C29H38N2O9.C25H31NO7.2CO2/c1-3-7-25(37)34-16-13-26(38)42-29(20-8-5-4-6-9-20)31(39)41-23-12-14-33(40)24-18-21-10-11-22(19-36)28-27(21)32(33,30(23)43-28)15-17-35(24)2;1-4-5-19(30-22(34)9-13-32)27(36)38-16(2)26(35)39-20-8-10-29(37)21-14-17-6-7-18(15-33)24-23(17)28(29,25(20)40-24)11-12-31(21)3;1-4-5-19(28)31-14(2)23(29)32-17-8-9-25(30)18-12-15-6-7-16(13-27)21-20(15)24(25,22(17)33-21)10-11-26(18)3;2*2-1-3/h4-6,8-12,24,29-30,36,40H,3,7,13-19H2,1-2H3,(H,34,37);6-8,16,19,21,25,32-33,37H,4-5,9-15H2,1-3H3,(H,30,34);6-8,14,18,22,27,30H,4-5,9-13H2,1-3H3;;/t24-,29-,30?,32?,33-;16-,19-,21+,25?,28?,29+;14-,18+,22?,24?,25+;;/m100../s1. The van der Waals surface area contributed by atoms with Crippen molar-refractivity contribution in [1.82, 2.24) is 25.3 Å². The van der Waals surface area contributed by atoms with Gasteiger partial charge in [0.05, 0.1) is 65.9 Å². The highest BCUT2D eigenvalue weighted by Crippen LogP contribution is 2.68. The summed E-state index contributed by atoms with van der Waals surface area (Å²) in [4.78, 5) is 140. The molecule has 16 atom stereocenters. The predicted molar refractivity (Wildman–Crippen MR) is 423 cm³/mol. The largest absolute Gasteiger partial charge is 0.481 e. The van der Waals surface area contributed by atoms with Gasteiger partial charge >= 0.3 is 48.1 Å². The van der Waals surface area contributed by atoms with Crippen molar-refractivity contribution in [3.63, 3.8) is 0 Å². The molecule has 0 aromatic heterocycles. The van der Waals surface area contributed by atoms with Crippen LogP contribution in [0.1, 0.15) is 186 Å². The van der Waals surface area contributed by atoms with Crippen LogP contribution in [-0.2, 0) is 141 Å². The molecule has 3 saturated heterocycles. The molecule has 6 bridgehead atoms. The lowest BCUT2D eigenvalue weighted by Gasteiger charge is -2.61. The summed E-state index contributed by atoms with van der Waals surface area (Å²) in [5.41, 5.74) is 2.36. The van der Waals surface area contributed by atoms with Crippen LogP contribution < -0.4 is 24.8 Å². The molecule has 4 aromatic rings. The third-order valence-electron chi connectivity index (χ3n) is 26.5. The van der Waals surface area contributed by atoms with Crippen molar-refractivity contribution >= 4 is 59.9 Å². The van der Waals surface area contributed by atoms with Crippen LogP contribution >= 0.6 is 0 Å². The van der Waals surface area contributed by atoms with E-state index < -0.39 is 117 Å². The fourth-order valence-corrected chi connectivity index (χ4v) is 20.9. The second-order valence-corrected chi connectivity index (χ2v) is 33.1. The van der Waals surface area contributed by atoms with Gasteiger partial charge in [-0.25, -0.2) is 19.2 Å². The number of aliphatic hydroxyl groups is 7. The number of esters is 6. The van der Waals surface area contributed by atoms with Crippen molar-refractivity contribution in [3.05, 3.63) is 158 Å². The average Bonchev–Trinajstić information content (AvgIpc) is 1.54. The molecule has 9 N–H and O–H groups in total. The lowest BCUT2D eigenvalue weighted by atomic mass is 9.50. The molecule has 33 nitrogen and oxygen atoms in total. The summed E-state index contributed by atoms with van der Waals surface area (Å²) >= 11 is 0. The summed E-state index contributed by atoms with van der Waals surface area (Å²) < 4.78 is 53.2. The van der Waals surface area contributed by atoms with Crippen molar-refractivity contribution in [2.45, 2.75) is 257 Å². The smallest absolute Gasteiger partial charge is 0.373 e. The molecule has 0 saturated carbocycles. The number of likely N-dealkylation sites (tertiary alicyclic amines) is 3. The first-order valence-electron chi connectivity index (χ1n) is 41.5. The zero-order chi connectivity index (χ0) is 88.1. The van der Waals surface area contributed by atoms with Crippen molar-refractivity contribution in [3.8, 4) is 17.2 Å². The quantitative estimate of drug-likeness (QED) is 0.0319. The number of rotatable bonds is 26. The highest BCUT2D eigenvalue weighted by Gasteiger charge is 2.75. The van der Waals surface area contributed by atoms with Crippen LogP contribution in [0.5, 0.6) is 17.2 Å². The SMILES string of the molecule is CCCC(=O)NCCC(=O)O[C@@H](C(=O)OC1=CC[C@@]2(O)[C@H]3Cc4ccc(CO)c5c4C2(CCN3C)C1O5)c1ccccc1.CCCC(=O)O[C@@H](C)C(=O)OC1=CC[C@@]2(O)[C@H]3Cc4ccc(CO)c5c4C2(CCN3C)C1O5.CCC[C@H](NC(=O)CCO)C(=O)O[C@@H](C)C(=O)OC1=CC[C@@]2(O)[C@H]3Cc4ccc(CO)c5c4C2(CCN3C)C1O5.O=C=O.O=C=O. The minimum Gasteiger partial charge on any atom is -0.481 e. The third-order valence-corrected chi connectivity index (χ3v) is 26.5. The van der Waals surface area contributed by atoms with Crippen LogP contribution in [0.15, 0.2) is 102 Å². The summed E-state index contributed by atoms with van der Waals surface area (Å²) in [5, 5.41) is 81.1. The number of likely N-dealkylation sites (N-methyl/N-ethyl adjacent to an activating group) is 3. The Morgan fingerprint density at radius 3 is 1.25 bits per heavy atom. The van der Waals surface area contributed by atoms with Crippen LogP contribution in [0.2, 0.25) is 0 Å². The van der Waals surface area contributed by atoms with E-state index in [-0.39, 0.29) is 113 Å². The van der Waals surface area contributed by atoms with Crippen LogP contribution in [0, 0.1) is 0 Å². The maximum atomic E-state index is 13.8. The van der Waals surface area contributed by atoms with Gasteiger partial charge in [0.25, 0.3) is 0 Å². The maximum absolute atomic E-state index is 13.8. The van der Waals surface area contributed by atoms with Gasteiger partial charge in [0.1, 0.15) is 40.6 Å². The number of nitrogens with zero attached hydrogens (tertiary/aromatic N) is 3. The molecule has 6 aliphatic heterocycles. The maximum Gasteiger partial charge on any atom is 0.373 e. The van der Waals surface area contributed by atoms with Crippen LogP contribution in [0.3, 0.4) is 0 Å². The summed E-state index contributed by atoms with van der Waals surface area (Å²) in [6, 6.07) is 18.8.